The fourth-order valence-electron chi connectivity index (χ4n) is 2.71. The Bertz CT molecular complexity index is 242. The first-order valence-electron chi connectivity index (χ1n) is 7.20. The summed E-state index contributed by atoms with van der Waals surface area (Å²) in [5, 5.41) is 3.36. The lowest BCUT2D eigenvalue weighted by Gasteiger charge is -2.28. The van der Waals surface area contributed by atoms with Gasteiger partial charge in [0, 0.05) is 6.04 Å². The fraction of sp³-hybridized carbons (Fsp3) is 0.929. The summed E-state index contributed by atoms with van der Waals surface area (Å²) >= 11 is 0. The molecule has 0 aromatic rings. The van der Waals surface area contributed by atoms with Gasteiger partial charge in [-0.1, -0.05) is 39.5 Å². The van der Waals surface area contributed by atoms with E-state index < -0.39 is 0 Å². The monoisotopic (exact) mass is 240 g/mol. The molecule has 0 aromatic carbocycles. The molecular formula is C14H28N2O. The van der Waals surface area contributed by atoms with Gasteiger partial charge in [-0.2, -0.15) is 0 Å². The van der Waals surface area contributed by atoms with Crippen molar-refractivity contribution in [1.82, 2.24) is 10.2 Å². The molecule has 1 saturated heterocycles. The van der Waals surface area contributed by atoms with Crippen LogP contribution in [0.1, 0.15) is 66.2 Å². The van der Waals surface area contributed by atoms with Crippen LogP contribution in [0.15, 0.2) is 0 Å². The van der Waals surface area contributed by atoms with Crippen LogP contribution in [0.25, 0.3) is 0 Å². The number of rotatable bonds is 7. The standard InChI is InChI=1S/C14H28N2O/c1-5-7-8-9-10-11(3)16-12(4)15-13(6-2)14(16)17/h11-13,15H,5-10H2,1-4H3. The van der Waals surface area contributed by atoms with Crippen LogP contribution in [0.5, 0.6) is 0 Å². The number of hydrogen-bond acceptors (Lipinski definition) is 2. The molecule has 1 rings (SSSR count). The first kappa shape index (κ1) is 14.5. The van der Waals surface area contributed by atoms with Crippen LogP contribution in [0, 0.1) is 0 Å². The molecule has 0 saturated carbocycles. The molecule has 0 spiro atoms. The summed E-state index contributed by atoms with van der Waals surface area (Å²) in [6.45, 7) is 8.57. The van der Waals surface area contributed by atoms with E-state index in [1.54, 1.807) is 0 Å². The Labute approximate surface area is 106 Å². The van der Waals surface area contributed by atoms with Gasteiger partial charge in [0.25, 0.3) is 0 Å². The lowest BCUT2D eigenvalue weighted by Crippen LogP contribution is -2.41. The number of nitrogens with zero attached hydrogens (tertiary/aromatic N) is 1. The minimum absolute atomic E-state index is 0.0445. The quantitative estimate of drug-likeness (QED) is 0.694. The Morgan fingerprint density at radius 3 is 2.53 bits per heavy atom. The highest BCUT2D eigenvalue weighted by atomic mass is 16.2. The highest BCUT2D eigenvalue weighted by Crippen LogP contribution is 2.19. The molecule has 1 aliphatic rings. The first-order chi connectivity index (χ1) is 8.11. The smallest absolute Gasteiger partial charge is 0.241 e. The molecule has 17 heavy (non-hydrogen) atoms. The Morgan fingerprint density at radius 1 is 1.29 bits per heavy atom. The first-order valence-corrected chi connectivity index (χ1v) is 7.20. The van der Waals surface area contributed by atoms with E-state index in [2.05, 4.69) is 33.0 Å². The zero-order valence-corrected chi connectivity index (χ0v) is 11.8. The summed E-state index contributed by atoms with van der Waals surface area (Å²) in [5.74, 6) is 0.294. The third-order valence-corrected chi connectivity index (χ3v) is 3.77. The predicted octanol–water partition coefficient (Wildman–Crippen LogP) is 2.90. The zero-order valence-electron chi connectivity index (χ0n) is 11.8. The highest BCUT2D eigenvalue weighted by molar-refractivity contribution is 5.84. The van der Waals surface area contributed by atoms with E-state index in [-0.39, 0.29) is 12.2 Å². The largest absolute Gasteiger partial charge is 0.323 e. The average Bonchev–Trinajstić information content (AvgIpc) is 2.59. The van der Waals surface area contributed by atoms with Crippen molar-refractivity contribution in [3.63, 3.8) is 0 Å². The van der Waals surface area contributed by atoms with Crippen LogP contribution in [-0.4, -0.2) is 29.1 Å². The molecule has 0 aromatic heterocycles. The second-order valence-corrected chi connectivity index (χ2v) is 5.25. The van der Waals surface area contributed by atoms with Gasteiger partial charge < -0.3 is 4.90 Å². The molecule has 3 heteroatoms. The van der Waals surface area contributed by atoms with Crippen LogP contribution < -0.4 is 5.32 Å². The second-order valence-electron chi connectivity index (χ2n) is 5.25. The van der Waals surface area contributed by atoms with Gasteiger partial charge in [0.2, 0.25) is 5.91 Å². The van der Waals surface area contributed by atoms with Crippen molar-refractivity contribution in [3.05, 3.63) is 0 Å². The molecule has 3 nitrogen and oxygen atoms in total. The van der Waals surface area contributed by atoms with Gasteiger partial charge in [-0.25, -0.2) is 0 Å². The van der Waals surface area contributed by atoms with E-state index in [1.807, 2.05) is 4.90 Å². The Kier molecular flexibility index (Phi) is 5.96. The van der Waals surface area contributed by atoms with E-state index >= 15 is 0 Å². The fourth-order valence-corrected chi connectivity index (χ4v) is 2.71. The lowest BCUT2D eigenvalue weighted by molar-refractivity contribution is -0.131. The number of carbonyl (C=O) groups excluding carboxylic acids is 1. The number of amides is 1. The number of carbonyl (C=O) groups is 1. The Balaban J connectivity index is 2.40. The van der Waals surface area contributed by atoms with Crippen LogP contribution in [0.2, 0.25) is 0 Å². The van der Waals surface area contributed by atoms with Crippen LogP contribution in [0.3, 0.4) is 0 Å². The van der Waals surface area contributed by atoms with Gasteiger partial charge in [-0.05, 0) is 26.7 Å². The molecule has 1 amide bonds. The van der Waals surface area contributed by atoms with Crippen molar-refractivity contribution in [2.75, 3.05) is 0 Å². The average molecular weight is 240 g/mol. The highest BCUT2D eigenvalue weighted by Gasteiger charge is 2.37. The lowest BCUT2D eigenvalue weighted by atomic mass is 10.1. The Hall–Kier alpha value is -0.570. The molecule has 0 bridgehead atoms. The zero-order chi connectivity index (χ0) is 12.8. The van der Waals surface area contributed by atoms with Crippen LogP contribution in [0.4, 0.5) is 0 Å². The molecule has 3 atom stereocenters. The van der Waals surface area contributed by atoms with Gasteiger partial charge in [-0.15, -0.1) is 0 Å². The van der Waals surface area contributed by atoms with Crippen molar-refractivity contribution >= 4 is 5.91 Å². The van der Waals surface area contributed by atoms with Crippen LogP contribution >= 0.6 is 0 Å². The third kappa shape index (κ3) is 3.70. The molecule has 1 fully saturated rings. The molecule has 1 N–H and O–H groups in total. The van der Waals surface area contributed by atoms with Gasteiger partial charge in [-0.3, -0.25) is 10.1 Å². The number of nitrogens with one attached hydrogen (secondary N) is 1. The Morgan fingerprint density at radius 2 is 2.00 bits per heavy atom. The summed E-state index contributed by atoms with van der Waals surface area (Å²) in [7, 11) is 0. The molecule has 100 valence electrons. The van der Waals surface area contributed by atoms with E-state index in [1.165, 1.54) is 25.7 Å². The summed E-state index contributed by atoms with van der Waals surface area (Å²) in [6, 6.07) is 0.418. The van der Waals surface area contributed by atoms with Crippen molar-refractivity contribution in [2.45, 2.75) is 84.5 Å². The maximum absolute atomic E-state index is 12.1. The summed E-state index contributed by atoms with van der Waals surface area (Å²) in [6.07, 6.45) is 7.34. The summed E-state index contributed by atoms with van der Waals surface area (Å²) < 4.78 is 0. The number of hydrogen-bond donors (Lipinski definition) is 1. The predicted molar refractivity (Wildman–Crippen MR) is 71.7 cm³/mol. The minimum Gasteiger partial charge on any atom is -0.323 e. The second kappa shape index (κ2) is 7.00. The minimum atomic E-state index is 0.0445. The maximum atomic E-state index is 12.1. The summed E-state index contributed by atoms with van der Waals surface area (Å²) in [4.78, 5) is 14.2. The van der Waals surface area contributed by atoms with E-state index in [0.717, 1.165) is 12.8 Å². The third-order valence-electron chi connectivity index (χ3n) is 3.77. The van der Waals surface area contributed by atoms with E-state index in [4.69, 9.17) is 0 Å². The molecule has 1 aliphatic heterocycles. The van der Waals surface area contributed by atoms with Crippen molar-refractivity contribution in [1.29, 1.82) is 0 Å². The van der Waals surface area contributed by atoms with Gasteiger partial charge in [0.1, 0.15) is 0 Å². The molecule has 3 unspecified atom stereocenters. The normalized spacial score (nSPS) is 26.6. The van der Waals surface area contributed by atoms with Crippen LogP contribution in [-0.2, 0) is 4.79 Å². The van der Waals surface area contributed by atoms with Crippen molar-refractivity contribution in [2.24, 2.45) is 0 Å². The van der Waals surface area contributed by atoms with Crippen molar-refractivity contribution in [3.8, 4) is 0 Å². The number of unbranched alkanes of at least 4 members (excludes halogenated alkanes) is 3. The van der Waals surface area contributed by atoms with Gasteiger partial charge in [0.15, 0.2) is 0 Å². The van der Waals surface area contributed by atoms with Gasteiger partial charge >= 0.3 is 0 Å². The molecule has 0 aliphatic carbocycles. The van der Waals surface area contributed by atoms with E-state index in [9.17, 15) is 4.79 Å². The SMILES string of the molecule is CCCCCCC(C)N1C(=O)C(CC)NC1C. The molecule has 0 radical (unpaired) electrons. The van der Waals surface area contributed by atoms with Crippen molar-refractivity contribution < 1.29 is 4.79 Å². The summed E-state index contributed by atoms with van der Waals surface area (Å²) in [5.41, 5.74) is 0. The van der Waals surface area contributed by atoms with Gasteiger partial charge in [0.05, 0.1) is 12.2 Å². The topological polar surface area (TPSA) is 32.3 Å². The molecule has 1 heterocycles. The molecular weight excluding hydrogens is 212 g/mol. The maximum Gasteiger partial charge on any atom is 0.241 e. The van der Waals surface area contributed by atoms with E-state index in [0.29, 0.717) is 11.9 Å².